The predicted octanol–water partition coefficient (Wildman–Crippen LogP) is 4.71. The highest BCUT2D eigenvalue weighted by Gasteiger charge is 2.27. The molecular formula is C37H33F2N5O7. The van der Waals surface area contributed by atoms with Crippen LogP contribution in [0.5, 0.6) is 23.0 Å². The van der Waals surface area contributed by atoms with E-state index in [0.29, 0.717) is 66.3 Å². The minimum absolute atomic E-state index is 0.0685. The first kappa shape index (κ1) is 33.6. The molecule has 0 aliphatic carbocycles. The number of amides is 2. The van der Waals surface area contributed by atoms with Gasteiger partial charge in [-0.1, -0.05) is 0 Å². The lowest BCUT2D eigenvalue weighted by Gasteiger charge is -2.26. The molecular weight excluding hydrogens is 664 g/mol. The first-order chi connectivity index (χ1) is 24.8. The number of carbonyl (C=O) groups is 2. The van der Waals surface area contributed by atoms with Crippen molar-refractivity contribution in [2.75, 3.05) is 58.4 Å². The van der Waals surface area contributed by atoms with Gasteiger partial charge in [0.15, 0.2) is 11.6 Å². The quantitative estimate of drug-likeness (QED) is 0.213. The average Bonchev–Trinajstić information content (AvgIpc) is 3.61. The van der Waals surface area contributed by atoms with Gasteiger partial charge in [-0.3, -0.25) is 28.8 Å². The number of hydrogen-bond acceptors (Lipinski definition) is 9. The van der Waals surface area contributed by atoms with Crippen LogP contribution < -0.4 is 30.4 Å². The number of fused-ring (bicyclic) bond motifs is 2. The van der Waals surface area contributed by atoms with Gasteiger partial charge in [-0.05, 0) is 54.6 Å². The van der Waals surface area contributed by atoms with Crippen LogP contribution in [0.25, 0.3) is 16.6 Å². The molecule has 0 atom stereocenters. The van der Waals surface area contributed by atoms with Crippen LogP contribution in [-0.2, 0) is 11.2 Å². The number of aromatic nitrogens is 2. The predicted molar refractivity (Wildman–Crippen MR) is 184 cm³/mol. The van der Waals surface area contributed by atoms with Crippen LogP contribution in [-0.4, -0.2) is 79.4 Å². The minimum atomic E-state index is -0.795. The van der Waals surface area contributed by atoms with Gasteiger partial charge < -0.3 is 29.6 Å². The van der Waals surface area contributed by atoms with E-state index < -0.39 is 23.1 Å². The molecule has 2 aliphatic rings. The van der Waals surface area contributed by atoms with Crippen LogP contribution in [0.1, 0.15) is 26.3 Å². The van der Waals surface area contributed by atoms with Crippen molar-refractivity contribution in [2.45, 2.75) is 6.42 Å². The fourth-order valence-electron chi connectivity index (χ4n) is 6.00. The molecule has 0 unspecified atom stereocenters. The van der Waals surface area contributed by atoms with E-state index in [-0.39, 0.29) is 41.0 Å². The van der Waals surface area contributed by atoms with Gasteiger partial charge in [0.25, 0.3) is 17.4 Å². The topological polar surface area (TPSA) is 133 Å². The van der Waals surface area contributed by atoms with Crippen molar-refractivity contribution in [2.24, 2.45) is 0 Å². The van der Waals surface area contributed by atoms with E-state index in [0.717, 1.165) is 19.2 Å². The van der Waals surface area contributed by atoms with Crippen molar-refractivity contribution < 1.29 is 37.3 Å². The summed E-state index contributed by atoms with van der Waals surface area (Å²) >= 11 is 0. The van der Waals surface area contributed by atoms with Crippen LogP contribution in [0.2, 0.25) is 0 Å². The number of morpholine rings is 1. The van der Waals surface area contributed by atoms with Crippen LogP contribution in [0.15, 0.2) is 77.9 Å². The molecule has 7 rings (SSSR count). The number of nitrogens with one attached hydrogen (secondary N) is 2. The molecule has 2 aliphatic heterocycles. The summed E-state index contributed by atoms with van der Waals surface area (Å²) in [6, 6.07) is 14.0. The highest BCUT2D eigenvalue weighted by molar-refractivity contribution is 6.06. The number of ether oxygens (including phenoxy) is 4. The fourth-order valence-corrected chi connectivity index (χ4v) is 6.00. The maximum Gasteiger partial charge on any atom is 0.271 e. The van der Waals surface area contributed by atoms with Gasteiger partial charge in [0.1, 0.15) is 35.2 Å². The number of nitrogens with zero attached hydrogens (tertiary/aromatic N) is 3. The van der Waals surface area contributed by atoms with Gasteiger partial charge in [-0.2, -0.15) is 0 Å². The number of benzene rings is 3. The third kappa shape index (κ3) is 7.09. The van der Waals surface area contributed by atoms with Crippen LogP contribution in [0, 0.1) is 11.6 Å². The molecule has 2 N–H and O–H groups in total. The summed E-state index contributed by atoms with van der Waals surface area (Å²) in [5.41, 5.74) is 0.876. The van der Waals surface area contributed by atoms with Gasteiger partial charge in [-0.15, -0.1) is 0 Å². The van der Waals surface area contributed by atoms with Crippen molar-refractivity contribution in [3.05, 3.63) is 112 Å². The van der Waals surface area contributed by atoms with Crippen LogP contribution in [0.3, 0.4) is 0 Å². The van der Waals surface area contributed by atoms with Crippen LogP contribution in [0.4, 0.5) is 14.5 Å². The van der Waals surface area contributed by atoms with E-state index in [2.05, 4.69) is 20.5 Å². The number of carbonyl (C=O) groups excluding carboxylic acids is 2. The number of halogens is 2. The van der Waals surface area contributed by atoms with Gasteiger partial charge >= 0.3 is 0 Å². The molecule has 12 nitrogen and oxygen atoms in total. The molecule has 4 heterocycles. The Morgan fingerprint density at radius 2 is 1.75 bits per heavy atom. The van der Waals surface area contributed by atoms with Gasteiger partial charge in [0.2, 0.25) is 0 Å². The van der Waals surface area contributed by atoms with Gasteiger partial charge in [-0.25, -0.2) is 8.78 Å². The molecule has 0 spiro atoms. The Labute approximate surface area is 290 Å². The van der Waals surface area contributed by atoms with E-state index in [1.165, 1.54) is 54.2 Å². The zero-order valence-electron chi connectivity index (χ0n) is 27.5. The molecule has 0 bridgehead atoms. The van der Waals surface area contributed by atoms with E-state index >= 15 is 4.39 Å². The average molecular weight is 698 g/mol. The van der Waals surface area contributed by atoms with Crippen LogP contribution >= 0.6 is 0 Å². The lowest BCUT2D eigenvalue weighted by molar-refractivity contribution is 0.0322. The van der Waals surface area contributed by atoms with Crippen molar-refractivity contribution in [3.8, 4) is 28.7 Å². The summed E-state index contributed by atoms with van der Waals surface area (Å²) in [7, 11) is 1.52. The van der Waals surface area contributed by atoms with E-state index in [4.69, 9.17) is 18.9 Å². The molecule has 14 heteroatoms. The lowest BCUT2D eigenvalue weighted by Crippen LogP contribution is -2.38. The Balaban J connectivity index is 1.13. The highest BCUT2D eigenvalue weighted by Crippen LogP contribution is 2.35. The molecule has 0 saturated carbocycles. The summed E-state index contributed by atoms with van der Waals surface area (Å²) in [5, 5.41) is 5.70. The zero-order valence-corrected chi connectivity index (χ0v) is 27.5. The molecule has 2 amide bonds. The maximum absolute atomic E-state index is 15.5. The van der Waals surface area contributed by atoms with Crippen molar-refractivity contribution in [3.63, 3.8) is 0 Å². The van der Waals surface area contributed by atoms with Gasteiger partial charge in [0, 0.05) is 73.9 Å². The number of hydrogen-bond donors (Lipinski definition) is 2. The molecule has 51 heavy (non-hydrogen) atoms. The van der Waals surface area contributed by atoms with Gasteiger partial charge in [0.05, 0.1) is 30.9 Å². The first-order valence-electron chi connectivity index (χ1n) is 16.3. The molecule has 262 valence electrons. The van der Waals surface area contributed by atoms with Crippen molar-refractivity contribution >= 4 is 28.4 Å². The standard InChI is InChI=1S/C37H33F2N5O7/c1-40-35(45)27-19-29-26(20-32(27)49-17-13-43-11-15-48-16-12-43)30(8-10-41-29)51-31-7-4-24(18-28(31)39)42-36(46)33-34-22(9-14-50-34)21-44(37(33)47)25-5-2-23(38)3-6-25/h2-8,10,18-21H,9,11-17H2,1H3,(H,40,45)(H,42,46). The Bertz CT molecular complexity index is 2190. The van der Waals surface area contributed by atoms with Crippen molar-refractivity contribution in [1.29, 1.82) is 0 Å². The monoisotopic (exact) mass is 697 g/mol. The third-order valence-electron chi connectivity index (χ3n) is 8.64. The Morgan fingerprint density at radius 1 is 0.941 bits per heavy atom. The first-order valence-corrected chi connectivity index (χ1v) is 16.3. The molecule has 2 aromatic heterocycles. The summed E-state index contributed by atoms with van der Waals surface area (Å²) in [4.78, 5) is 46.3. The maximum atomic E-state index is 15.5. The number of anilines is 1. The minimum Gasteiger partial charge on any atom is -0.492 e. The molecule has 0 radical (unpaired) electrons. The van der Waals surface area contributed by atoms with Crippen molar-refractivity contribution in [1.82, 2.24) is 19.8 Å². The Kier molecular flexibility index (Phi) is 9.59. The summed E-state index contributed by atoms with van der Waals surface area (Å²) in [6.45, 7) is 4.13. The highest BCUT2D eigenvalue weighted by atomic mass is 19.1. The number of pyridine rings is 2. The summed E-state index contributed by atoms with van der Waals surface area (Å²) in [5.74, 6) is -1.81. The summed E-state index contributed by atoms with van der Waals surface area (Å²) < 4.78 is 53.5. The molecule has 1 saturated heterocycles. The van der Waals surface area contributed by atoms with E-state index in [1.54, 1.807) is 24.4 Å². The molecule has 5 aromatic rings. The lowest BCUT2D eigenvalue weighted by atomic mass is 10.1. The molecule has 3 aromatic carbocycles. The Hall–Kier alpha value is -5.86. The summed E-state index contributed by atoms with van der Waals surface area (Å²) in [6.07, 6.45) is 3.52. The second kappa shape index (κ2) is 14.5. The van der Waals surface area contributed by atoms with E-state index in [9.17, 15) is 18.8 Å². The SMILES string of the molecule is CNC(=O)c1cc2nccc(Oc3ccc(NC(=O)c4c5c(cn(-c6ccc(F)cc6)c4=O)CCO5)cc3F)c2cc1OCCN1CCOCC1. The largest absolute Gasteiger partial charge is 0.492 e. The Morgan fingerprint density at radius 3 is 2.51 bits per heavy atom. The normalized spacial score (nSPS) is 14.1. The number of rotatable bonds is 10. The van der Waals surface area contributed by atoms with E-state index in [1.807, 2.05) is 0 Å². The zero-order chi connectivity index (χ0) is 35.5. The smallest absolute Gasteiger partial charge is 0.271 e. The third-order valence-corrected chi connectivity index (χ3v) is 8.64. The fraction of sp³-hybridized carbons (Fsp3) is 0.243. The second-order valence-electron chi connectivity index (χ2n) is 11.9. The second-order valence-corrected chi connectivity index (χ2v) is 11.9. The molecule has 1 fully saturated rings.